The molecule has 0 bridgehead atoms. The van der Waals surface area contributed by atoms with E-state index in [2.05, 4.69) is 223 Å². The smallest absolute Gasteiger partial charge is 0.160 e. The topological polar surface area (TPSA) is 43.1 Å². The number of nitrogens with zero attached hydrogens (tertiary/aromatic N) is 4. The fourth-order valence-electron chi connectivity index (χ4n) is 8.48. The van der Waals surface area contributed by atoms with E-state index in [0.29, 0.717) is 5.82 Å². The molecule has 0 aliphatic heterocycles. The molecule has 0 atom stereocenters. The standard InChI is InChI=1S/C57H38N4/c1-6-18-39(19-7-1)40-32-34-42(35-33-40)52-38-51(41-20-8-2-9-21-41)58-57(59-52)47-29-16-28-46(36-47)48-30-17-31-49-50(48)37-53(43-22-10-3-11-23-43)61-56(49)54(44-24-12-4-13-25-44)55(60-61)45-26-14-5-15-27-45/h1-38H. The summed E-state index contributed by atoms with van der Waals surface area (Å²) in [7, 11) is 0. The van der Waals surface area contributed by atoms with Crippen molar-refractivity contribution in [2.45, 2.75) is 0 Å². The molecule has 0 radical (unpaired) electrons. The Morgan fingerprint density at radius 2 is 0.787 bits per heavy atom. The predicted octanol–water partition coefficient (Wildman–Crippen LogP) is 14.6. The van der Waals surface area contributed by atoms with Crippen molar-refractivity contribution in [1.82, 2.24) is 19.6 Å². The van der Waals surface area contributed by atoms with E-state index < -0.39 is 0 Å². The minimum absolute atomic E-state index is 0.674. The zero-order valence-corrected chi connectivity index (χ0v) is 33.2. The molecule has 8 aromatic carbocycles. The molecule has 11 aromatic rings. The van der Waals surface area contributed by atoms with Crippen LogP contribution in [0, 0.1) is 0 Å². The third kappa shape index (κ3) is 6.76. The Balaban J connectivity index is 1.11. The highest BCUT2D eigenvalue weighted by molar-refractivity contribution is 6.12. The molecular weight excluding hydrogens is 741 g/mol. The van der Waals surface area contributed by atoms with Crippen molar-refractivity contribution in [3.63, 3.8) is 0 Å². The Hall–Kier alpha value is -8.21. The van der Waals surface area contributed by atoms with E-state index in [1.807, 2.05) is 12.1 Å². The highest BCUT2D eigenvalue weighted by Crippen LogP contribution is 2.43. The maximum Gasteiger partial charge on any atom is 0.160 e. The molecular formula is C57H38N4. The maximum atomic E-state index is 5.43. The third-order valence-corrected chi connectivity index (χ3v) is 11.5. The highest BCUT2D eigenvalue weighted by atomic mass is 15.2. The van der Waals surface area contributed by atoms with E-state index in [9.17, 15) is 0 Å². The number of fused-ring (bicyclic) bond motifs is 3. The van der Waals surface area contributed by atoms with Crippen molar-refractivity contribution >= 4 is 16.3 Å². The lowest BCUT2D eigenvalue weighted by atomic mass is 9.93. The van der Waals surface area contributed by atoms with Gasteiger partial charge in [-0.1, -0.05) is 212 Å². The summed E-state index contributed by atoms with van der Waals surface area (Å²) in [6.07, 6.45) is 0. The normalized spacial score (nSPS) is 11.3. The first-order chi connectivity index (χ1) is 30.2. The summed E-state index contributed by atoms with van der Waals surface area (Å²) < 4.78 is 2.15. The number of aromatic nitrogens is 4. The molecule has 0 fully saturated rings. The van der Waals surface area contributed by atoms with Crippen molar-refractivity contribution in [2.75, 3.05) is 0 Å². The Kier molecular flexibility index (Phi) is 9.14. The Morgan fingerprint density at radius 1 is 0.311 bits per heavy atom. The summed E-state index contributed by atoms with van der Waals surface area (Å²) >= 11 is 0. The van der Waals surface area contributed by atoms with Crippen molar-refractivity contribution in [2.24, 2.45) is 0 Å². The highest BCUT2D eigenvalue weighted by Gasteiger charge is 2.23. The quantitative estimate of drug-likeness (QED) is 0.154. The summed E-state index contributed by atoms with van der Waals surface area (Å²) in [6, 6.07) is 80.9. The van der Waals surface area contributed by atoms with E-state index in [1.165, 1.54) is 11.1 Å². The molecule has 0 spiro atoms. The van der Waals surface area contributed by atoms with Gasteiger partial charge in [0, 0.05) is 38.8 Å². The molecule has 0 amide bonds. The largest absolute Gasteiger partial charge is 0.231 e. The first kappa shape index (κ1) is 35.9. The zero-order valence-electron chi connectivity index (χ0n) is 33.2. The van der Waals surface area contributed by atoms with Gasteiger partial charge in [0.15, 0.2) is 5.82 Å². The number of benzene rings is 8. The molecule has 61 heavy (non-hydrogen) atoms. The van der Waals surface area contributed by atoms with Crippen LogP contribution in [0.5, 0.6) is 0 Å². The van der Waals surface area contributed by atoms with Gasteiger partial charge in [-0.25, -0.2) is 14.5 Å². The average Bonchev–Trinajstić information content (AvgIpc) is 3.76. The SMILES string of the molecule is c1ccc(-c2ccc(-c3cc(-c4ccccc4)nc(-c4cccc(-c5cccc6c5cc(-c5ccccc5)n5nc(-c7ccccc7)c(-c7ccccc7)c65)c4)n3)cc2)cc1. The second kappa shape index (κ2) is 15.5. The molecule has 0 saturated heterocycles. The molecule has 4 nitrogen and oxygen atoms in total. The van der Waals surface area contributed by atoms with Crippen molar-refractivity contribution in [1.29, 1.82) is 0 Å². The van der Waals surface area contributed by atoms with Gasteiger partial charge < -0.3 is 0 Å². The Labute approximate surface area is 354 Å². The summed E-state index contributed by atoms with van der Waals surface area (Å²) in [5.74, 6) is 0.674. The molecule has 0 saturated carbocycles. The van der Waals surface area contributed by atoms with Gasteiger partial charge in [0.1, 0.15) is 5.69 Å². The first-order valence-corrected chi connectivity index (χ1v) is 20.6. The lowest BCUT2D eigenvalue weighted by Gasteiger charge is -2.15. The van der Waals surface area contributed by atoms with Crippen LogP contribution < -0.4 is 0 Å². The van der Waals surface area contributed by atoms with Crippen LogP contribution in [0.15, 0.2) is 231 Å². The van der Waals surface area contributed by atoms with Crippen LogP contribution in [0.1, 0.15) is 0 Å². The lowest BCUT2D eigenvalue weighted by Crippen LogP contribution is -1.97. The Morgan fingerprint density at radius 3 is 1.43 bits per heavy atom. The van der Waals surface area contributed by atoms with E-state index in [4.69, 9.17) is 15.1 Å². The predicted molar refractivity (Wildman–Crippen MR) is 252 cm³/mol. The van der Waals surface area contributed by atoms with E-state index in [1.54, 1.807) is 0 Å². The van der Waals surface area contributed by atoms with Gasteiger partial charge in [0.2, 0.25) is 0 Å². The summed E-state index contributed by atoms with van der Waals surface area (Å²) in [6.45, 7) is 0. The van der Waals surface area contributed by atoms with Crippen molar-refractivity contribution < 1.29 is 0 Å². The molecule has 0 unspecified atom stereocenters. The van der Waals surface area contributed by atoms with Gasteiger partial charge in [-0.3, -0.25) is 0 Å². The minimum atomic E-state index is 0.674. The number of hydrogen-bond acceptors (Lipinski definition) is 3. The van der Waals surface area contributed by atoms with Crippen LogP contribution in [-0.2, 0) is 0 Å². The van der Waals surface area contributed by atoms with Crippen LogP contribution in [0.2, 0.25) is 0 Å². The van der Waals surface area contributed by atoms with Gasteiger partial charge in [0.05, 0.1) is 22.6 Å². The second-order valence-electron chi connectivity index (χ2n) is 15.2. The van der Waals surface area contributed by atoms with Crippen LogP contribution in [0.25, 0.3) is 106 Å². The number of hydrogen-bond donors (Lipinski definition) is 0. The molecule has 286 valence electrons. The maximum absolute atomic E-state index is 5.43. The number of pyridine rings is 1. The monoisotopic (exact) mass is 778 g/mol. The van der Waals surface area contributed by atoms with Gasteiger partial charge >= 0.3 is 0 Å². The van der Waals surface area contributed by atoms with Gasteiger partial charge in [-0.15, -0.1) is 0 Å². The van der Waals surface area contributed by atoms with Crippen LogP contribution >= 0.6 is 0 Å². The first-order valence-electron chi connectivity index (χ1n) is 20.6. The summed E-state index contributed by atoms with van der Waals surface area (Å²) in [4.78, 5) is 10.5. The van der Waals surface area contributed by atoms with Gasteiger partial charge in [0.25, 0.3) is 0 Å². The molecule has 0 N–H and O–H groups in total. The fraction of sp³-hybridized carbons (Fsp3) is 0. The van der Waals surface area contributed by atoms with Crippen molar-refractivity contribution in [3.05, 3.63) is 231 Å². The van der Waals surface area contributed by atoms with Crippen LogP contribution in [0.4, 0.5) is 0 Å². The molecule has 4 heteroatoms. The van der Waals surface area contributed by atoms with E-state index >= 15 is 0 Å². The fourth-order valence-corrected chi connectivity index (χ4v) is 8.48. The Bertz CT molecular complexity index is 3310. The van der Waals surface area contributed by atoms with Gasteiger partial charge in [-0.05, 0) is 51.4 Å². The summed E-state index contributed by atoms with van der Waals surface area (Å²) in [5.41, 5.74) is 16.8. The van der Waals surface area contributed by atoms with Crippen molar-refractivity contribution in [3.8, 4) is 89.8 Å². The lowest BCUT2D eigenvalue weighted by molar-refractivity contribution is 0.979. The zero-order chi connectivity index (χ0) is 40.5. The second-order valence-corrected chi connectivity index (χ2v) is 15.2. The van der Waals surface area contributed by atoms with E-state index in [-0.39, 0.29) is 0 Å². The third-order valence-electron chi connectivity index (χ3n) is 11.5. The molecule has 0 aliphatic rings. The minimum Gasteiger partial charge on any atom is -0.231 e. The number of rotatable bonds is 8. The van der Waals surface area contributed by atoms with Crippen LogP contribution in [-0.4, -0.2) is 19.6 Å². The van der Waals surface area contributed by atoms with Crippen LogP contribution in [0.3, 0.4) is 0 Å². The van der Waals surface area contributed by atoms with E-state index in [0.717, 1.165) is 89.1 Å². The molecule has 0 aliphatic carbocycles. The van der Waals surface area contributed by atoms with Gasteiger partial charge in [-0.2, -0.15) is 5.10 Å². The molecule has 3 aromatic heterocycles. The average molecular weight is 779 g/mol. The molecule has 3 heterocycles. The summed E-state index contributed by atoms with van der Waals surface area (Å²) in [5, 5.41) is 7.69. The molecule has 11 rings (SSSR count).